The molecular formula is C14H14N2O2. The fourth-order valence-corrected chi connectivity index (χ4v) is 2.10. The van der Waals surface area contributed by atoms with Crippen LogP contribution in [0.5, 0.6) is 0 Å². The minimum Gasteiger partial charge on any atom is -0.339 e. The van der Waals surface area contributed by atoms with Crippen molar-refractivity contribution in [1.29, 1.82) is 5.26 Å². The lowest BCUT2D eigenvalue weighted by Gasteiger charge is -2.29. The van der Waals surface area contributed by atoms with E-state index in [-0.39, 0.29) is 11.8 Å². The molecule has 0 aliphatic carbocycles. The molecule has 1 heterocycles. The van der Waals surface area contributed by atoms with Crippen LogP contribution in [0.15, 0.2) is 24.3 Å². The van der Waals surface area contributed by atoms with Crippen molar-refractivity contribution < 1.29 is 9.59 Å². The fourth-order valence-electron chi connectivity index (χ4n) is 2.10. The Kier molecular flexibility index (Phi) is 3.73. The third kappa shape index (κ3) is 2.57. The number of carbonyl (C=O) groups excluding carboxylic acids is 2. The molecule has 92 valence electrons. The minimum atomic E-state index is -0.0242. The van der Waals surface area contributed by atoms with Crippen LogP contribution in [0.2, 0.25) is 0 Å². The van der Waals surface area contributed by atoms with Crippen molar-refractivity contribution in [3.8, 4) is 6.07 Å². The van der Waals surface area contributed by atoms with E-state index in [1.807, 2.05) is 0 Å². The Labute approximate surface area is 106 Å². The summed E-state index contributed by atoms with van der Waals surface area (Å²) in [6.45, 7) is 1.26. The average molecular weight is 242 g/mol. The Morgan fingerprint density at radius 3 is 2.39 bits per heavy atom. The van der Waals surface area contributed by atoms with Crippen LogP contribution in [-0.4, -0.2) is 30.2 Å². The van der Waals surface area contributed by atoms with Gasteiger partial charge in [0.1, 0.15) is 6.29 Å². The van der Waals surface area contributed by atoms with Crippen molar-refractivity contribution >= 4 is 12.2 Å². The average Bonchev–Trinajstić information content (AvgIpc) is 2.47. The summed E-state index contributed by atoms with van der Waals surface area (Å²) in [5.74, 6) is 0.0512. The monoisotopic (exact) mass is 242 g/mol. The van der Waals surface area contributed by atoms with Crippen LogP contribution in [-0.2, 0) is 0 Å². The molecule has 1 aromatic rings. The van der Waals surface area contributed by atoms with Gasteiger partial charge in [-0.25, -0.2) is 0 Å². The third-order valence-electron chi connectivity index (χ3n) is 3.26. The highest BCUT2D eigenvalue weighted by molar-refractivity contribution is 5.94. The molecule has 4 nitrogen and oxygen atoms in total. The molecule has 18 heavy (non-hydrogen) atoms. The zero-order chi connectivity index (χ0) is 13.0. The number of hydrogen-bond donors (Lipinski definition) is 0. The molecule has 1 aliphatic heterocycles. The van der Waals surface area contributed by atoms with E-state index in [4.69, 9.17) is 5.26 Å². The Bertz CT molecular complexity index is 480. The first-order valence-electron chi connectivity index (χ1n) is 5.98. The van der Waals surface area contributed by atoms with Gasteiger partial charge in [0, 0.05) is 30.1 Å². The summed E-state index contributed by atoms with van der Waals surface area (Å²) in [5.41, 5.74) is 1.16. The molecule has 0 aromatic heterocycles. The lowest BCUT2D eigenvalue weighted by Crippen LogP contribution is -2.38. The molecule has 0 bridgehead atoms. The maximum atomic E-state index is 12.1. The molecule has 4 heteroatoms. The summed E-state index contributed by atoms with van der Waals surface area (Å²) in [5, 5.41) is 8.80. The van der Waals surface area contributed by atoms with E-state index >= 15 is 0 Å². The van der Waals surface area contributed by atoms with Gasteiger partial charge < -0.3 is 4.90 Å². The van der Waals surface area contributed by atoms with Gasteiger partial charge >= 0.3 is 0 Å². The van der Waals surface area contributed by atoms with Gasteiger partial charge in [-0.05, 0) is 25.0 Å². The van der Waals surface area contributed by atoms with Crippen LogP contribution < -0.4 is 0 Å². The Morgan fingerprint density at radius 2 is 1.89 bits per heavy atom. The molecule has 1 saturated heterocycles. The summed E-state index contributed by atoms with van der Waals surface area (Å²) >= 11 is 0. The van der Waals surface area contributed by atoms with Crippen LogP contribution in [0.3, 0.4) is 0 Å². The van der Waals surface area contributed by atoms with Gasteiger partial charge in [0.2, 0.25) is 0 Å². The molecule has 0 atom stereocenters. The summed E-state index contributed by atoms with van der Waals surface area (Å²) < 4.78 is 0. The first kappa shape index (κ1) is 12.3. The molecule has 1 fully saturated rings. The van der Waals surface area contributed by atoms with E-state index in [0.717, 1.165) is 19.1 Å². The number of carbonyl (C=O) groups is 2. The highest BCUT2D eigenvalue weighted by atomic mass is 16.2. The number of likely N-dealkylation sites (tertiary alicyclic amines) is 1. The second-order valence-corrected chi connectivity index (χ2v) is 4.44. The number of aldehydes is 1. The quantitative estimate of drug-likeness (QED) is 0.744. The summed E-state index contributed by atoms with van der Waals surface area (Å²) in [4.78, 5) is 24.4. The van der Waals surface area contributed by atoms with E-state index in [0.29, 0.717) is 24.2 Å². The maximum absolute atomic E-state index is 12.1. The van der Waals surface area contributed by atoms with Crippen molar-refractivity contribution in [2.75, 3.05) is 13.1 Å². The number of rotatable bonds is 2. The molecule has 0 radical (unpaired) electrons. The SMILES string of the molecule is N#CC1CCN(C(=O)c2ccc(C=O)cc2)CC1. The van der Waals surface area contributed by atoms with Crippen LogP contribution >= 0.6 is 0 Å². The molecule has 0 N–H and O–H groups in total. The van der Waals surface area contributed by atoms with Gasteiger partial charge in [0.25, 0.3) is 5.91 Å². The normalized spacial score (nSPS) is 16.1. The number of nitriles is 1. The number of piperidine rings is 1. The molecule has 0 saturated carbocycles. The van der Waals surface area contributed by atoms with Gasteiger partial charge in [-0.1, -0.05) is 12.1 Å². The maximum Gasteiger partial charge on any atom is 0.253 e. The van der Waals surface area contributed by atoms with Crippen molar-refractivity contribution in [2.45, 2.75) is 12.8 Å². The van der Waals surface area contributed by atoms with E-state index in [2.05, 4.69) is 6.07 Å². The van der Waals surface area contributed by atoms with Crippen molar-refractivity contribution in [1.82, 2.24) is 4.90 Å². The second-order valence-electron chi connectivity index (χ2n) is 4.44. The van der Waals surface area contributed by atoms with Crippen LogP contribution in [0.1, 0.15) is 33.6 Å². The zero-order valence-corrected chi connectivity index (χ0v) is 10.0. The Morgan fingerprint density at radius 1 is 1.28 bits per heavy atom. The van der Waals surface area contributed by atoms with E-state index < -0.39 is 0 Å². The molecule has 0 unspecified atom stereocenters. The first-order chi connectivity index (χ1) is 8.74. The summed E-state index contributed by atoms with van der Waals surface area (Å²) in [6, 6.07) is 8.86. The van der Waals surface area contributed by atoms with Gasteiger partial charge in [-0.2, -0.15) is 5.26 Å². The van der Waals surface area contributed by atoms with Gasteiger partial charge in [-0.15, -0.1) is 0 Å². The summed E-state index contributed by atoms with van der Waals surface area (Å²) in [6.07, 6.45) is 2.25. The first-order valence-corrected chi connectivity index (χ1v) is 5.98. The van der Waals surface area contributed by atoms with E-state index in [1.165, 1.54) is 0 Å². The number of nitrogens with zero attached hydrogens (tertiary/aromatic N) is 2. The van der Waals surface area contributed by atoms with E-state index in [1.54, 1.807) is 29.2 Å². The predicted octanol–water partition coefficient (Wildman–Crippen LogP) is 1.87. The van der Waals surface area contributed by atoms with Crippen molar-refractivity contribution in [2.24, 2.45) is 5.92 Å². The third-order valence-corrected chi connectivity index (χ3v) is 3.26. The molecule has 1 aliphatic rings. The number of amides is 1. The fraction of sp³-hybridized carbons (Fsp3) is 0.357. The topological polar surface area (TPSA) is 61.2 Å². The number of hydrogen-bond acceptors (Lipinski definition) is 3. The summed E-state index contributed by atoms with van der Waals surface area (Å²) in [7, 11) is 0. The zero-order valence-electron chi connectivity index (χ0n) is 10.0. The minimum absolute atomic E-state index is 0.0242. The smallest absolute Gasteiger partial charge is 0.253 e. The van der Waals surface area contributed by atoms with Crippen LogP contribution in [0.25, 0.3) is 0 Å². The van der Waals surface area contributed by atoms with Gasteiger partial charge in [0.05, 0.1) is 6.07 Å². The highest BCUT2D eigenvalue weighted by Crippen LogP contribution is 2.18. The highest BCUT2D eigenvalue weighted by Gasteiger charge is 2.23. The molecular weight excluding hydrogens is 228 g/mol. The Balaban J connectivity index is 2.03. The predicted molar refractivity (Wildman–Crippen MR) is 66.1 cm³/mol. The van der Waals surface area contributed by atoms with Crippen molar-refractivity contribution in [3.63, 3.8) is 0 Å². The van der Waals surface area contributed by atoms with E-state index in [9.17, 15) is 9.59 Å². The van der Waals surface area contributed by atoms with Gasteiger partial charge in [0.15, 0.2) is 0 Å². The Hall–Kier alpha value is -2.15. The standard InChI is InChI=1S/C14H14N2O2/c15-9-11-5-7-16(8-6-11)14(18)13-3-1-12(10-17)2-4-13/h1-4,10-11H,5-8H2. The molecule has 0 spiro atoms. The lowest BCUT2D eigenvalue weighted by molar-refractivity contribution is 0.0707. The molecule has 1 aromatic carbocycles. The van der Waals surface area contributed by atoms with Crippen molar-refractivity contribution in [3.05, 3.63) is 35.4 Å². The largest absolute Gasteiger partial charge is 0.339 e. The van der Waals surface area contributed by atoms with Gasteiger partial charge in [-0.3, -0.25) is 9.59 Å². The molecule has 2 rings (SSSR count). The second kappa shape index (κ2) is 5.46. The van der Waals surface area contributed by atoms with Crippen LogP contribution in [0, 0.1) is 17.2 Å². The van der Waals surface area contributed by atoms with Crippen LogP contribution in [0.4, 0.5) is 0 Å². The molecule has 1 amide bonds. The lowest BCUT2D eigenvalue weighted by atomic mass is 9.98. The number of benzene rings is 1.